The number of carbonyl (C=O) groups excluding carboxylic acids is 2. The Morgan fingerprint density at radius 2 is 0.754 bits per heavy atom. The maximum absolute atomic E-state index is 12.2. The fourth-order valence-electron chi connectivity index (χ4n) is 7.19. The lowest BCUT2D eigenvalue weighted by Crippen LogP contribution is -2.28. The molecule has 0 amide bonds. The first-order valence-electron chi connectivity index (χ1n) is 24.7. The van der Waals surface area contributed by atoms with Crippen molar-refractivity contribution in [1.82, 2.24) is 0 Å². The Bertz CT molecular complexity index is 950. The summed E-state index contributed by atoms with van der Waals surface area (Å²) < 4.78 is 10.6. The lowest BCUT2D eigenvalue weighted by Gasteiger charge is -2.15. The molecular weight excluding hydrogens is 705 g/mol. The van der Waals surface area contributed by atoms with Crippen molar-refractivity contribution in [3.8, 4) is 0 Å². The molecule has 332 valence electrons. The normalized spacial score (nSPS) is 12.5. The van der Waals surface area contributed by atoms with Crippen LogP contribution in [0.5, 0.6) is 0 Å². The van der Waals surface area contributed by atoms with E-state index < -0.39 is 6.10 Å². The summed E-state index contributed by atoms with van der Waals surface area (Å²) in [4.78, 5) is 24.2. The molecule has 0 saturated heterocycles. The van der Waals surface area contributed by atoms with Crippen LogP contribution < -0.4 is 0 Å². The quantitative estimate of drug-likeness (QED) is 0.0377. The van der Waals surface area contributed by atoms with Gasteiger partial charge in [0.05, 0.1) is 6.61 Å². The molecule has 0 radical (unpaired) electrons. The summed E-state index contributed by atoms with van der Waals surface area (Å²) in [5.41, 5.74) is 0. The van der Waals surface area contributed by atoms with Gasteiger partial charge in [0.25, 0.3) is 0 Å². The fourth-order valence-corrected chi connectivity index (χ4v) is 7.19. The number of aliphatic hydroxyl groups is 1. The van der Waals surface area contributed by atoms with E-state index in [4.69, 9.17) is 9.47 Å². The van der Waals surface area contributed by atoms with Crippen molar-refractivity contribution in [2.24, 2.45) is 0 Å². The van der Waals surface area contributed by atoms with Crippen molar-refractivity contribution in [2.75, 3.05) is 13.2 Å². The van der Waals surface area contributed by atoms with Crippen LogP contribution in [0.3, 0.4) is 0 Å². The minimum atomic E-state index is -0.765. The Hall–Kier alpha value is -2.14. The van der Waals surface area contributed by atoms with Crippen LogP contribution in [-0.4, -0.2) is 36.4 Å². The summed E-state index contributed by atoms with van der Waals surface area (Å²) in [6.45, 7) is 4.01. The molecule has 0 aliphatic carbocycles. The number of carbonyl (C=O) groups is 2. The largest absolute Gasteiger partial charge is 0.462 e. The monoisotopic (exact) mass is 799 g/mol. The van der Waals surface area contributed by atoms with Crippen LogP contribution in [0, 0.1) is 0 Å². The zero-order valence-corrected chi connectivity index (χ0v) is 37.9. The molecule has 0 bridgehead atoms. The third kappa shape index (κ3) is 46.4. The summed E-state index contributed by atoms with van der Waals surface area (Å²) in [6.07, 6.45) is 62.4. The van der Waals surface area contributed by atoms with E-state index in [1.165, 1.54) is 161 Å². The number of ether oxygens (including phenoxy) is 2. The average Bonchev–Trinajstić information content (AvgIpc) is 3.21. The number of allylic oxidation sites excluding steroid dienone is 8. The Kier molecular flexibility index (Phi) is 46.4. The maximum atomic E-state index is 12.2. The van der Waals surface area contributed by atoms with E-state index in [0.717, 1.165) is 64.2 Å². The van der Waals surface area contributed by atoms with E-state index in [9.17, 15) is 14.7 Å². The van der Waals surface area contributed by atoms with E-state index in [0.29, 0.717) is 12.8 Å². The lowest BCUT2D eigenvalue weighted by atomic mass is 10.0. The first-order chi connectivity index (χ1) is 28.1. The molecule has 5 nitrogen and oxygen atoms in total. The Morgan fingerprint density at radius 3 is 1.14 bits per heavy atom. The standard InChI is InChI=1S/C52H94O5/c1-3-5-7-9-11-13-14-15-16-17-18-19-20-21-22-23-24-25-26-27-28-29-30-31-32-33-34-35-36-37-38-39-41-43-45-47-52(55)57-50(48-53)49-56-51(54)46-44-42-40-12-10-8-6-4-2/h5,7,11,13,15-16,18-19,50,53H,3-4,6,8-10,12,14,17,20-49H2,1-2H3/b7-5-,13-11-,16-15-,19-18-. The van der Waals surface area contributed by atoms with Crippen molar-refractivity contribution >= 4 is 11.9 Å². The SMILES string of the molecule is CC/C=C\C/C=C\C/C=C\C/C=C\CCCCCCCCCCCCCCCCCCCCCCCCC(=O)OC(CO)COC(=O)CCCCCCCCCC. The molecule has 0 rings (SSSR count). The number of unbranched alkanes of at least 4 members (excludes halogenated alkanes) is 29. The Labute approximate surface area is 354 Å². The van der Waals surface area contributed by atoms with Gasteiger partial charge in [0.15, 0.2) is 6.10 Å². The van der Waals surface area contributed by atoms with Gasteiger partial charge in [-0.15, -0.1) is 0 Å². The number of aliphatic hydroxyl groups excluding tert-OH is 1. The average molecular weight is 799 g/mol. The van der Waals surface area contributed by atoms with Crippen LogP contribution in [0.4, 0.5) is 0 Å². The van der Waals surface area contributed by atoms with Crippen molar-refractivity contribution < 1.29 is 24.2 Å². The highest BCUT2D eigenvalue weighted by Crippen LogP contribution is 2.16. The van der Waals surface area contributed by atoms with Crippen LogP contribution >= 0.6 is 0 Å². The zero-order valence-electron chi connectivity index (χ0n) is 37.9. The highest BCUT2D eigenvalue weighted by Gasteiger charge is 2.16. The number of rotatable bonds is 45. The third-order valence-corrected chi connectivity index (χ3v) is 10.9. The van der Waals surface area contributed by atoms with E-state index in [1.54, 1.807) is 0 Å². The molecule has 0 heterocycles. The second-order valence-electron chi connectivity index (χ2n) is 16.5. The molecule has 0 spiro atoms. The Morgan fingerprint density at radius 1 is 0.421 bits per heavy atom. The number of esters is 2. The van der Waals surface area contributed by atoms with E-state index in [2.05, 4.69) is 62.5 Å². The van der Waals surface area contributed by atoms with Gasteiger partial charge in [-0.05, 0) is 51.4 Å². The Balaban J connectivity index is 3.37. The predicted molar refractivity (Wildman–Crippen MR) is 247 cm³/mol. The van der Waals surface area contributed by atoms with Crippen molar-refractivity contribution in [3.05, 3.63) is 48.6 Å². The van der Waals surface area contributed by atoms with E-state index in [-0.39, 0.29) is 25.2 Å². The van der Waals surface area contributed by atoms with E-state index in [1.807, 2.05) is 0 Å². The summed E-state index contributed by atoms with van der Waals surface area (Å²) in [7, 11) is 0. The minimum absolute atomic E-state index is 0.0613. The molecule has 0 aliphatic heterocycles. The first kappa shape index (κ1) is 54.9. The molecule has 0 aromatic heterocycles. The van der Waals surface area contributed by atoms with Crippen molar-refractivity contribution in [1.29, 1.82) is 0 Å². The second-order valence-corrected chi connectivity index (χ2v) is 16.5. The second kappa shape index (κ2) is 48.2. The van der Waals surface area contributed by atoms with E-state index >= 15 is 0 Å². The molecule has 0 aliphatic rings. The van der Waals surface area contributed by atoms with Gasteiger partial charge >= 0.3 is 11.9 Å². The smallest absolute Gasteiger partial charge is 0.306 e. The third-order valence-electron chi connectivity index (χ3n) is 10.9. The van der Waals surface area contributed by atoms with Gasteiger partial charge in [0.1, 0.15) is 6.61 Å². The topological polar surface area (TPSA) is 72.8 Å². The fraction of sp³-hybridized carbons (Fsp3) is 0.808. The molecule has 0 aromatic rings. The highest BCUT2D eigenvalue weighted by atomic mass is 16.6. The summed E-state index contributed by atoms with van der Waals surface area (Å²) in [5, 5.41) is 9.55. The van der Waals surface area contributed by atoms with Gasteiger partial charge in [-0.2, -0.15) is 0 Å². The van der Waals surface area contributed by atoms with Gasteiger partial charge in [0.2, 0.25) is 0 Å². The first-order valence-corrected chi connectivity index (χ1v) is 24.7. The van der Waals surface area contributed by atoms with Gasteiger partial charge in [0, 0.05) is 12.8 Å². The molecule has 1 N–H and O–H groups in total. The van der Waals surface area contributed by atoms with Crippen molar-refractivity contribution in [3.63, 3.8) is 0 Å². The molecule has 0 aromatic carbocycles. The molecule has 57 heavy (non-hydrogen) atoms. The maximum Gasteiger partial charge on any atom is 0.306 e. The molecule has 1 unspecified atom stereocenters. The molecular formula is C52H94O5. The van der Waals surface area contributed by atoms with Gasteiger partial charge in [-0.1, -0.05) is 236 Å². The number of hydrogen-bond donors (Lipinski definition) is 1. The van der Waals surface area contributed by atoms with Crippen LogP contribution in [0.15, 0.2) is 48.6 Å². The molecule has 0 fully saturated rings. The highest BCUT2D eigenvalue weighted by molar-refractivity contribution is 5.70. The van der Waals surface area contributed by atoms with Crippen LogP contribution in [0.2, 0.25) is 0 Å². The van der Waals surface area contributed by atoms with Crippen molar-refractivity contribution in [2.45, 2.75) is 258 Å². The predicted octanol–water partition coefficient (Wildman–Crippen LogP) is 16.1. The lowest BCUT2D eigenvalue weighted by molar-refractivity contribution is -0.161. The minimum Gasteiger partial charge on any atom is -0.462 e. The molecule has 0 saturated carbocycles. The molecule has 1 atom stereocenters. The molecule has 5 heteroatoms. The van der Waals surface area contributed by atoms with Crippen LogP contribution in [-0.2, 0) is 19.1 Å². The van der Waals surface area contributed by atoms with Crippen LogP contribution in [0.25, 0.3) is 0 Å². The van der Waals surface area contributed by atoms with Crippen LogP contribution in [0.1, 0.15) is 251 Å². The van der Waals surface area contributed by atoms with Gasteiger partial charge in [-0.25, -0.2) is 0 Å². The summed E-state index contributed by atoms with van der Waals surface area (Å²) in [5.74, 6) is -0.585. The summed E-state index contributed by atoms with van der Waals surface area (Å²) >= 11 is 0. The zero-order chi connectivity index (χ0) is 41.4. The van der Waals surface area contributed by atoms with Gasteiger partial charge in [-0.3, -0.25) is 9.59 Å². The van der Waals surface area contributed by atoms with Gasteiger partial charge < -0.3 is 14.6 Å². The number of hydrogen-bond acceptors (Lipinski definition) is 5. The summed E-state index contributed by atoms with van der Waals surface area (Å²) in [6, 6.07) is 0.